The van der Waals surface area contributed by atoms with Crippen molar-refractivity contribution in [3.05, 3.63) is 58.0 Å². The lowest BCUT2D eigenvalue weighted by atomic mass is 10.1. The van der Waals surface area contributed by atoms with Gasteiger partial charge in [0.05, 0.1) is 11.8 Å². The molecule has 0 atom stereocenters. The third kappa shape index (κ3) is 2.97. The Hall–Kier alpha value is -1.55. The number of aryl methyl sites for hydroxylation is 1. The zero-order chi connectivity index (χ0) is 12.3. The molecule has 3 nitrogen and oxygen atoms in total. The standard InChI is InChI=1S/C13H11BrO3/c1-9-4-5-10(7-12(9)14)13(15)17-8-11-3-2-6-16-11/h2-7H,8H2,1H3. The van der Waals surface area contributed by atoms with E-state index in [1.54, 1.807) is 30.5 Å². The third-order valence-corrected chi connectivity index (χ3v) is 3.19. The molecule has 0 saturated carbocycles. The van der Waals surface area contributed by atoms with Crippen LogP contribution in [0, 0.1) is 6.92 Å². The molecule has 1 aromatic heterocycles. The summed E-state index contributed by atoms with van der Waals surface area (Å²) in [4.78, 5) is 11.7. The highest BCUT2D eigenvalue weighted by Gasteiger charge is 2.09. The summed E-state index contributed by atoms with van der Waals surface area (Å²) in [6.07, 6.45) is 1.55. The molecular weight excluding hydrogens is 284 g/mol. The summed E-state index contributed by atoms with van der Waals surface area (Å²) in [6.45, 7) is 2.11. The van der Waals surface area contributed by atoms with Gasteiger partial charge in [0.2, 0.25) is 0 Å². The first-order chi connectivity index (χ1) is 8.16. The minimum Gasteiger partial charge on any atom is -0.466 e. The first-order valence-corrected chi connectivity index (χ1v) is 5.92. The second kappa shape index (κ2) is 5.19. The van der Waals surface area contributed by atoms with Gasteiger partial charge in [0.15, 0.2) is 0 Å². The van der Waals surface area contributed by atoms with Gasteiger partial charge in [-0.3, -0.25) is 0 Å². The molecule has 17 heavy (non-hydrogen) atoms. The zero-order valence-electron chi connectivity index (χ0n) is 9.27. The molecule has 2 aromatic rings. The van der Waals surface area contributed by atoms with E-state index < -0.39 is 0 Å². The Morgan fingerprint density at radius 1 is 1.41 bits per heavy atom. The number of ether oxygens (including phenoxy) is 1. The molecule has 1 aromatic carbocycles. The molecule has 0 spiro atoms. The molecule has 0 radical (unpaired) electrons. The molecule has 0 unspecified atom stereocenters. The zero-order valence-corrected chi connectivity index (χ0v) is 10.9. The molecule has 2 rings (SSSR count). The average molecular weight is 295 g/mol. The van der Waals surface area contributed by atoms with Gasteiger partial charge in [0.25, 0.3) is 0 Å². The van der Waals surface area contributed by atoms with Crippen LogP contribution in [-0.2, 0) is 11.3 Å². The smallest absolute Gasteiger partial charge is 0.338 e. The van der Waals surface area contributed by atoms with E-state index in [0.29, 0.717) is 11.3 Å². The predicted molar refractivity (Wildman–Crippen MR) is 66.7 cm³/mol. The summed E-state index contributed by atoms with van der Waals surface area (Å²) < 4.78 is 11.1. The quantitative estimate of drug-likeness (QED) is 0.810. The monoisotopic (exact) mass is 294 g/mol. The Balaban J connectivity index is 2.02. The van der Waals surface area contributed by atoms with Crippen molar-refractivity contribution >= 4 is 21.9 Å². The number of esters is 1. The fraction of sp³-hybridized carbons (Fsp3) is 0.154. The second-order valence-electron chi connectivity index (χ2n) is 3.62. The van der Waals surface area contributed by atoms with Gasteiger partial charge in [0, 0.05) is 4.47 Å². The van der Waals surface area contributed by atoms with E-state index in [1.165, 1.54) is 0 Å². The summed E-state index contributed by atoms with van der Waals surface area (Å²) in [5.74, 6) is 0.270. The lowest BCUT2D eigenvalue weighted by molar-refractivity contribution is 0.0445. The predicted octanol–water partition coefficient (Wildman–Crippen LogP) is 3.71. The van der Waals surface area contributed by atoms with Crippen LogP contribution in [0.5, 0.6) is 0 Å². The van der Waals surface area contributed by atoms with Gasteiger partial charge in [0.1, 0.15) is 12.4 Å². The first-order valence-electron chi connectivity index (χ1n) is 5.12. The fourth-order valence-corrected chi connectivity index (χ4v) is 1.71. The van der Waals surface area contributed by atoms with E-state index in [9.17, 15) is 4.79 Å². The molecule has 0 saturated heterocycles. The van der Waals surface area contributed by atoms with Crippen LogP contribution >= 0.6 is 15.9 Å². The maximum absolute atomic E-state index is 11.7. The maximum Gasteiger partial charge on any atom is 0.338 e. The van der Waals surface area contributed by atoms with E-state index in [0.717, 1.165) is 10.0 Å². The van der Waals surface area contributed by atoms with Gasteiger partial charge >= 0.3 is 5.97 Å². The normalized spacial score (nSPS) is 10.2. The van der Waals surface area contributed by atoms with Gasteiger partial charge in [-0.05, 0) is 36.8 Å². The average Bonchev–Trinajstić information content (AvgIpc) is 2.82. The summed E-state index contributed by atoms with van der Waals surface area (Å²) in [6, 6.07) is 8.88. The molecule has 88 valence electrons. The number of carbonyl (C=O) groups excluding carboxylic acids is 1. The minimum atomic E-state index is -0.359. The molecule has 0 fully saturated rings. The molecule has 0 aliphatic rings. The SMILES string of the molecule is Cc1ccc(C(=O)OCc2ccco2)cc1Br. The summed E-state index contributed by atoms with van der Waals surface area (Å²) in [5.41, 5.74) is 1.60. The molecular formula is C13H11BrO3. The highest BCUT2D eigenvalue weighted by Crippen LogP contribution is 2.18. The number of rotatable bonds is 3. The van der Waals surface area contributed by atoms with Crippen molar-refractivity contribution in [1.82, 2.24) is 0 Å². The van der Waals surface area contributed by atoms with Gasteiger partial charge in [-0.25, -0.2) is 4.79 Å². The van der Waals surface area contributed by atoms with Crippen LogP contribution in [0.1, 0.15) is 21.7 Å². The number of benzene rings is 1. The second-order valence-corrected chi connectivity index (χ2v) is 4.47. The van der Waals surface area contributed by atoms with E-state index in [2.05, 4.69) is 15.9 Å². The van der Waals surface area contributed by atoms with Crippen LogP contribution in [0.3, 0.4) is 0 Å². The van der Waals surface area contributed by atoms with E-state index in [4.69, 9.17) is 9.15 Å². The van der Waals surface area contributed by atoms with Crippen molar-refractivity contribution in [1.29, 1.82) is 0 Å². The van der Waals surface area contributed by atoms with E-state index in [-0.39, 0.29) is 12.6 Å². The van der Waals surface area contributed by atoms with Crippen LogP contribution < -0.4 is 0 Å². The molecule has 1 heterocycles. The van der Waals surface area contributed by atoms with Crippen molar-refractivity contribution in [2.24, 2.45) is 0 Å². The third-order valence-electron chi connectivity index (χ3n) is 2.33. The molecule has 0 aliphatic carbocycles. The van der Waals surface area contributed by atoms with E-state index in [1.807, 2.05) is 13.0 Å². The van der Waals surface area contributed by atoms with E-state index >= 15 is 0 Å². The molecule has 0 N–H and O–H groups in total. The number of halogens is 1. The molecule has 0 aliphatic heterocycles. The van der Waals surface area contributed by atoms with Crippen LogP contribution in [0.2, 0.25) is 0 Å². The van der Waals surface area contributed by atoms with Gasteiger partial charge in [-0.1, -0.05) is 22.0 Å². The van der Waals surface area contributed by atoms with Crippen molar-refractivity contribution in [3.8, 4) is 0 Å². The Labute approximate surface area is 108 Å². The van der Waals surface area contributed by atoms with Crippen LogP contribution in [0.4, 0.5) is 0 Å². The summed E-state index contributed by atoms with van der Waals surface area (Å²) in [5, 5.41) is 0. The lowest BCUT2D eigenvalue weighted by Crippen LogP contribution is -2.05. The number of hydrogen-bond acceptors (Lipinski definition) is 3. The Morgan fingerprint density at radius 3 is 2.88 bits per heavy atom. The lowest BCUT2D eigenvalue weighted by Gasteiger charge is -2.04. The largest absolute Gasteiger partial charge is 0.466 e. The Morgan fingerprint density at radius 2 is 2.24 bits per heavy atom. The highest BCUT2D eigenvalue weighted by molar-refractivity contribution is 9.10. The van der Waals surface area contributed by atoms with Crippen LogP contribution in [0.15, 0.2) is 45.5 Å². The highest BCUT2D eigenvalue weighted by atomic mass is 79.9. The van der Waals surface area contributed by atoms with Crippen molar-refractivity contribution in [2.45, 2.75) is 13.5 Å². The van der Waals surface area contributed by atoms with Gasteiger partial charge in [-0.15, -0.1) is 0 Å². The van der Waals surface area contributed by atoms with Gasteiger partial charge in [-0.2, -0.15) is 0 Å². The fourth-order valence-electron chi connectivity index (χ4n) is 1.33. The number of carbonyl (C=O) groups is 1. The van der Waals surface area contributed by atoms with Crippen LogP contribution in [-0.4, -0.2) is 5.97 Å². The first kappa shape index (κ1) is 11.9. The van der Waals surface area contributed by atoms with Crippen molar-refractivity contribution < 1.29 is 13.9 Å². The molecule has 4 heteroatoms. The Bertz CT molecular complexity index is 517. The van der Waals surface area contributed by atoms with Gasteiger partial charge < -0.3 is 9.15 Å². The topological polar surface area (TPSA) is 39.4 Å². The summed E-state index contributed by atoms with van der Waals surface area (Å²) in [7, 11) is 0. The van der Waals surface area contributed by atoms with Crippen LogP contribution in [0.25, 0.3) is 0 Å². The Kier molecular flexibility index (Phi) is 3.64. The number of hydrogen-bond donors (Lipinski definition) is 0. The summed E-state index contributed by atoms with van der Waals surface area (Å²) >= 11 is 3.38. The van der Waals surface area contributed by atoms with Crippen molar-refractivity contribution in [3.63, 3.8) is 0 Å². The van der Waals surface area contributed by atoms with Crippen molar-refractivity contribution in [2.75, 3.05) is 0 Å². The maximum atomic E-state index is 11.7. The molecule has 0 bridgehead atoms. The molecule has 0 amide bonds. The number of furan rings is 1. The minimum absolute atomic E-state index is 0.150.